The lowest BCUT2D eigenvalue weighted by atomic mass is 10.2. The third-order valence-corrected chi connectivity index (χ3v) is 2.72. The van der Waals surface area contributed by atoms with E-state index >= 15 is 0 Å². The number of aryl methyl sites for hydroxylation is 1. The Bertz CT molecular complexity index is 521. The van der Waals surface area contributed by atoms with Gasteiger partial charge in [0.2, 0.25) is 5.69 Å². The molecule has 0 radical (unpaired) electrons. The van der Waals surface area contributed by atoms with Gasteiger partial charge in [-0.3, -0.25) is 0 Å². The monoisotopic (exact) mass is 227 g/mol. The predicted molar refractivity (Wildman–Crippen MR) is 66.3 cm³/mol. The fourth-order valence-corrected chi connectivity index (χ4v) is 1.82. The van der Waals surface area contributed by atoms with Gasteiger partial charge in [0.1, 0.15) is 6.21 Å². The molecule has 0 spiro atoms. The highest BCUT2D eigenvalue weighted by Gasteiger charge is 2.12. The summed E-state index contributed by atoms with van der Waals surface area (Å²) in [5.74, 6) is 0. The average Bonchev–Trinajstić information content (AvgIpc) is 2.35. The van der Waals surface area contributed by atoms with Crippen LogP contribution in [0.25, 0.3) is 0 Å². The highest BCUT2D eigenvalue weighted by atomic mass is 16.4. The van der Waals surface area contributed by atoms with Crippen LogP contribution in [0.4, 0.5) is 0 Å². The van der Waals surface area contributed by atoms with E-state index in [0.29, 0.717) is 0 Å². The molecule has 2 aromatic rings. The van der Waals surface area contributed by atoms with Crippen LogP contribution < -0.4 is 4.57 Å². The summed E-state index contributed by atoms with van der Waals surface area (Å²) in [6.45, 7) is 2.81. The van der Waals surface area contributed by atoms with Crippen LogP contribution >= 0.6 is 0 Å². The zero-order valence-corrected chi connectivity index (χ0v) is 9.74. The van der Waals surface area contributed by atoms with Gasteiger partial charge >= 0.3 is 0 Å². The minimum atomic E-state index is 0.773. The molecule has 3 heteroatoms. The van der Waals surface area contributed by atoms with Gasteiger partial charge in [0, 0.05) is 24.6 Å². The summed E-state index contributed by atoms with van der Waals surface area (Å²) in [6.07, 6.45) is 1.45. The lowest BCUT2D eigenvalue weighted by Gasteiger charge is -2.03. The summed E-state index contributed by atoms with van der Waals surface area (Å²) in [7, 11) is 0. The number of hydrogen-bond donors (Lipinski definition) is 1. The van der Waals surface area contributed by atoms with Crippen LogP contribution in [0.15, 0.2) is 53.7 Å². The molecule has 17 heavy (non-hydrogen) atoms. The maximum atomic E-state index is 8.66. The fourth-order valence-electron chi connectivity index (χ4n) is 1.82. The van der Waals surface area contributed by atoms with E-state index in [9.17, 15) is 0 Å². The molecule has 0 amide bonds. The summed E-state index contributed by atoms with van der Waals surface area (Å²) in [5, 5.41) is 11.8. The van der Waals surface area contributed by atoms with Crippen LogP contribution in [-0.2, 0) is 6.54 Å². The predicted octanol–water partition coefficient (Wildman–Crippen LogP) is 2.14. The second-order valence-corrected chi connectivity index (χ2v) is 3.91. The fraction of sp³-hybridized carbons (Fsp3) is 0.143. The Hall–Kier alpha value is -2.16. The van der Waals surface area contributed by atoms with E-state index in [1.54, 1.807) is 0 Å². The van der Waals surface area contributed by atoms with Crippen LogP contribution in [0.2, 0.25) is 0 Å². The molecular weight excluding hydrogens is 212 g/mol. The SMILES string of the molecule is Cc1cccc(/C=N/O)[n+]1Cc1ccccc1. The molecule has 0 atom stereocenters. The molecule has 86 valence electrons. The van der Waals surface area contributed by atoms with Gasteiger partial charge in [-0.2, -0.15) is 4.57 Å². The molecule has 3 nitrogen and oxygen atoms in total. The van der Waals surface area contributed by atoms with Crippen molar-refractivity contribution in [2.45, 2.75) is 13.5 Å². The van der Waals surface area contributed by atoms with Crippen molar-refractivity contribution in [1.82, 2.24) is 0 Å². The van der Waals surface area contributed by atoms with Crippen molar-refractivity contribution >= 4 is 6.21 Å². The quantitative estimate of drug-likeness (QED) is 0.371. The third-order valence-electron chi connectivity index (χ3n) is 2.72. The van der Waals surface area contributed by atoms with Crippen LogP contribution in [0.5, 0.6) is 0 Å². The number of hydrogen-bond acceptors (Lipinski definition) is 2. The number of nitrogens with zero attached hydrogens (tertiary/aromatic N) is 2. The van der Waals surface area contributed by atoms with Crippen LogP contribution in [0.1, 0.15) is 17.0 Å². The molecule has 0 aliphatic carbocycles. The number of rotatable bonds is 3. The molecule has 1 aromatic heterocycles. The van der Waals surface area contributed by atoms with E-state index in [4.69, 9.17) is 5.21 Å². The normalized spacial score (nSPS) is 10.9. The molecular formula is C14H15N2O+. The highest BCUT2D eigenvalue weighted by Crippen LogP contribution is 2.01. The van der Waals surface area contributed by atoms with Crippen LogP contribution in [0.3, 0.4) is 0 Å². The second kappa shape index (κ2) is 5.25. The smallest absolute Gasteiger partial charge is 0.227 e. The average molecular weight is 227 g/mol. The molecule has 0 bridgehead atoms. The molecule has 0 aliphatic heterocycles. The first kappa shape index (κ1) is 11.3. The van der Waals surface area contributed by atoms with Gasteiger partial charge in [-0.15, -0.1) is 0 Å². The lowest BCUT2D eigenvalue weighted by Crippen LogP contribution is -2.41. The topological polar surface area (TPSA) is 36.5 Å². The van der Waals surface area contributed by atoms with Gasteiger partial charge in [-0.1, -0.05) is 35.5 Å². The molecule has 0 aliphatic rings. The number of benzene rings is 1. The molecule has 0 fully saturated rings. The maximum Gasteiger partial charge on any atom is 0.227 e. The van der Waals surface area contributed by atoms with Gasteiger partial charge in [0.05, 0.1) is 0 Å². The minimum absolute atomic E-state index is 0.773. The van der Waals surface area contributed by atoms with E-state index in [1.807, 2.05) is 43.3 Å². The Morgan fingerprint density at radius 2 is 1.88 bits per heavy atom. The lowest BCUT2D eigenvalue weighted by molar-refractivity contribution is -0.695. The van der Waals surface area contributed by atoms with E-state index in [-0.39, 0.29) is 0 Å². The Morgan fingerprint density at radius 1 is 1.12 bits per heavy atom. The first-order valence-corrected chi connectivity index (χ1v) is 5.52. The Morgan fingerprint density at radius 3 is 2.59 bits per heavy atom. The van der Waals surface area contributed by atoms with Gasteiger partial charge in [0.25, 0.3) is 0 Å². The number of pyridine rings is 1. The first-order valence-electron chi connectivity index (χ1n) is 5.52. The van der Waals surface area contributed by atoms with Crippen LogP contribution in [0, 0.1) is 6.92 Å². The van der Waals surface area contributed by atoms with Crippen molar-refractivity contribution in [3.05, 3.63) is 65.5 Å². The Kier molecular flexibility index (Phi) is 3.50. The molecule has 0 saturated carbocycles. The zero-order chi connectivity index (χ0) is 12.1. The van der Waals surface area contributed by atoms with Crippen molar-refractivity contribution in [3.63, 3.8) is 0 Å². The van der Waals surface area contributed by atoms with E-state index in [1.165, 1.54) is 11.8 Å². The van der Waals surface area contributed by atoms with Crippen molar-refractivity contribution in [3.8, 4) is 0 Å². The highest BCUT2D eigenvalue weighted by molar-refractivity contribution is 5.74. The Labute approximate surface area is 101 Å². The summed E-state index contributed by atoms with van der Waals surface area (Å²) in [4.78, 5) is 0. The number of aromatic nitrogens is 1. The molecule has 0 unspecified atom stereocenters. The van der Waals surface area contributed by atoms with Gasteiger partial charge in [-0.25, -0.2) is 0 Å². The number of oxime groups is 1. The summed E-state index contributed by atoms with van der Waals surface area (Å²) in [5.41, 5.74) is 3.24. The molecule has 0 saturated heterocycles. The minimum Gasteiger partial charge on any atom is -0.411 e. The van der Waals surface area contributed by atoms with Crippen molar-refractivity contribution in [2.24, 2.45) is 5.16 Å². The summed E-state index contributed by atoms with van der Waals surface area (Å²) in [6, 6.07) is 16.1. The molecule has 2 rings (SSSR count). The molecule has 1 N–H and O–H groups in total. The molecule has 1 aromatic carbocycles. The van der Waals surface area contributed by atoms with E-state index in [2.05, 4.69) is 21.9 Å². The second-order valence-electron chi connectivity index (χ2n) is 3.91. The van der Waals surface area contributed by atoms with Crippen LogP contribution in [-0.4, -0.2) is 11.4 Å². The van der Waals surface area contributed by atoms with E-state index < -0.39 is 0 Å². The van der Waals surface area contributed by atoms with Gasteiger partial charge in [-0.05, 0) is 6.07 Å². The molecule has 1 heterocycles. The summed E-state index contributed by atoms with van der Waals surface area (Å²) < 4.78 is 2.11. The van der Waals surface area contributed by atoms with Gasteiger partial charge < -0.3 is 5.21 Å². The van der Waals surface area contributed by atoms with Crippen molar-refractivity contribution < 1.29 is 9.77 Å². The third kappa shape index (κ3) is 2.69. The van der Waals surface area contributed by atoms with Gasteiger partial charge in [0.15, 0.2) is 12.2 Å². The largest absolute Gasteiger partial charge is 0.411 e. The van der Waals surface area contributed by atoms with Crippen molar-refractivity contribution in [2.75, 3.05) is 0 Å². The van der Waals surface area contributed by atoms with E-state index in [0.717, 1.165) is 17.9 Å². The van der Waals surface area contributed by atoms with Crippen molar-refractivity contribution in [1.29, 1.82) is 0 Å². The first-order chi connectivity index (χ1) is 8.31. The zero-order valence-electron chi connectivity index (χ0n) is 9.74. The standard InChI is InChI=1S/C14H14N2O/c1-12-6-5-9-14(10-15-17)16(12)11-13-7-3-2-4-8-13/h2-10H,11H2,1H3/p+1. The Balaban J connectivity index is 2.38. The summed E-state index contributed by atoms with van der Waals surface area (Å²) >= 11 is 0. The maximum absolute atomic E-state index is 8.66.